The van der Waals surface area contributed by atoms with Gasteiger partial charge in [0, 0.05) is 6.66 Å². The maximum atomic E-state index is 10.2. The molecule has 4 nitrogen and oxygen atoms in total. The van der Waals surface area contributed by atoms with Gasteiger partial charge < -0.3 is 20.2 Å². The molecule has 0 aliphatic carbocycles. The van der Waals surface area contributed by atoms with Gasteiger partial charge in [0.05, 0.1) is 0 Å². The Kier molecular flexibility index (Phi) is 2.80. The van der Waals surface area contributed by atoms with Gasteiger partial charge in [0.2, 0.25) is 0 Å². The highest BCUT2D eigenvalue weighted by atomic mass is 31.1. The van der Waals surface area contributed by atoms with E-state index >= 15 is 0 Å². The van der Waals surface area contributed by atoms with E-state index in [-0.39, 0.29) is 0 Å². The molecule has 0 aliphatic heterocycles. The molecule has 5 heteroatoms. The summed E-state index contributed by atoms with van der Waals surface area (Å²) in [5.41, 5.74) is 0. The van der Waals surface area contributed by atoms with Gasteiger partial charge in [0.15, 0.2) is 0 Å². The minimum atomic E-state index is -2.75. The van der Waals surface area contributed by atoms with Gasteiger partial charge >= 0.3 is 5.97 Å². The van der Waals surface area contributed by atoms with Crippen LogP contribution in [-0.2, 0) is 0 Å². The Morgan fingerprint density at radius 3 is 1.88 bits per heavy atom. The van der Waals surface area contributed by atoms with Crippen molar-refractivity contribution in [3.63, 3.8) is 0 Å². The van der Waals surface area contributed by atoms with E-state index in [0.29, 0.717) is 0 Å². The van der Waals surface area contributed by atoms with Crippen molar-refractivity contribution < 1.29 is 20.2 Å². The van der Waals surface area contributed by atoms with Crippen molar-refractivity contribution in [2.45, 2.75) is 5.97 Å². The lowest BCUT2D eigenvalue weighted by Crippen LogP contribution is -2.32. The van der Waals surface area contributed by atoms with Gasteiger partial charge in [-0.05, 0) is 0 Å². The van der Waals surface area contributed by atoms with Crippen LogP contribution in [0.4, 0.5) is 0 Å². The van der Waals surface area contributed by atoms with Crippen LogP contribution in [0.5, 0.6) is 0 Å². The molecule has 0 bridgehead atoms. The molecule has 0 amide bonds. The lowest BCUT2D eigenvalue weighted by Gasteiger charge is -2.15. The van der Waals surface area contributed by atoms with Crippen molar-refractivity contribution in [2.75, 3.05) is 12.8 Å². The van der Waals surface area contributed by atoms with Crippen molar-refractivity contribution in [3.05, 3.63) is 0 Å². The lowest BCUT2D eigenvalue weighted by molar-refractivity contribution is -0.298. The normalized spacial score (nSPS) is 16.1. The molecule has 0 heterocycles. The first-order chi connectivity index (χ1) is 3.42. The summed E-state index contributed by atoms with van der Waals surface area (Å²) >= 11 is 0. The zero-order valence-corrected chi connectivity index (χ0v) is 5.46. The fraction of sp³-hybridized carbons (Fsp3) is 1.00. The summed E-state index contributed by atoms with van der Waals surface area (Å²) < 4.78 is 0. The van der Waals surface area contributed by atoms with E-state index in [1.54, 1.807) is 0 Å². The Balaban J connectivity index is 3.39. The third-order valence-corrected chi connectivity index (χ3v) is 1.46. The van der Waals surface area contributed by atoms with Crippen molar-refractivity contribution in [1.82, 2.24) is 0 Å². The Morgan fingerprint density at radius 1 is 1.50 bits per heavy atom. The largest absolute Gasteiger partial charge is 0.681 e. The van der Waals surface area contributed by atoms with Gasteiger partial charge in [-0.25, -0.2) is 0 Å². The van der Waals surface area contributed by atoms with E-state index in [1.165, 1.54) is 6.66 Å². The molecule has 0 fully saturated rings. The first-order valence-corrected chi connectivity index (χ1v) is 4.20. The maximum Gasteiger partial charge on any atom is 0.310 e. The van der Waals surface area contributed by atoms with Crippen LogP contribution in [0.15, 0.2) is 0 Å². The topological polar surface area (TPSA) is 83.8 Å². The minimum Gasteiger partial charge on any atom is -0.681 e. The second kappa shape index (κ2) is 2.71. The molecule has 1 atom stereocenters. The molecule has 0 saturated heterocycles. The molecule has 3 N–H and O–H groups in total. The summed E-state index contributed by atoms with van der Waals surface area (Å²) in [6, 6.07) is 0. The number of hydrogen-bond donors (Lipinski definition) is 3. The predicted octanol–water partition coefficient (Wildman–Crippen LogP) is -2.26. The molecular formula is C3H9O4P. The average molecular weight is 140 g/mol. The predicted molar refractivity (Wildman–Crippen MR) is 28.5 cm³/mol. The molecule has 0 saturated carbocycles. The van der Waals surface area contributed by atoms with E-state index in [2.05, 4.69) is 0 Å². The molecule has 0 aliphatic rings. The summed E-state index contributed by atoms with van der Waals surface area (Å²) in [7, 11) is -1.99. The van der Waals surface area contributed by atoms with Gasteiger partial charge in [-0.3, -0.25) is 0 Å². The fourth-order valence-electron chi connectivity index (χ4n) is 0.334. The van der Waals surface area contributed by atoms with Crippen LogP contribution in [0.3, 0.4) is 0 Å². The van der Waals surface area contributed by atoms with E-state index in [9.17, 15) is 4.89 Å². The molecular weight excluding hydrogens is 131 g/mol. The minimum absolute atomic E-state index is 0.461. The van der Waals surface area contributed by atoms with Gasteiger partial charge in [-0.1, -0.05) is 8.15 Å². The lowest BCUT2D eigenvalue weighted by atomic mass is 10.7. The summed E-state index contributed by atoms with van der Waals surface area (Å²) in [6.07, 6.45) is -0.461. The molecule has 1 unspecified atom stereocenters. The quantitative estimate of drug-likeness (QED) is 0.298. The Morgan fingerprint density at radius 2 is 1.88 bits per heavy atom. The standard InChI is InChI=1S/C3H9O4P/c1-8(7)2-3(4,5)6/h4-6,8H,2H2,1H3. The third-order valence-electron chi connectivity index (χ3n) is 0.486. The van der Waals surface area contributed by atoms with Crippen LogP contribution in [0.25, 0.3) is 0 Å². The summed E-state index contributed by atoms with van der Waals surface area (Å²) in [6.45, 7) is 1.34. The molecule has 0 radical (unpaired) electrons. The molecule has 50 valence electrons. The first-order valence-electron chi connectivity index (χ1n) is 2.08. The molecule has 0 aromatic heterocycles. The van der Waals surface area contributed by atoms with Gasteiger partial charge in [-0.2, -0.15) is 0 Å². The monoisotopic (exact) mass is 140 g/mol. The molecule has 8 heavy (non-hydrogen) atoms. The summed E-state index contributed by atoms with van der Waals surface area (Å²) in [4.78, 5) is 10.2. The van der Waals surface area contributed by atoms with Gasteiger partial charge in [0.25, 0.3) is 0 Å². The van der Waals surface area contributed by atoms with E-state index in [1.807, 2.05) is 0 Å². The van der Waals surface area contributed by atoms with Crippen molar-refractivity contribution >= 4 is 8.15 Å². The van der Waals surface area contributed by atoms with E-state index < -0.39 is 20.3 Å². The van der Waals surface area contributed by atoms with Crippen LogP contribution < -0.4 is 4.89 Å². The van der Waals surface area contributed by atoms with E-state index in [0.717, 1.165) is 0 Å². The van der Waals surface area contributed by atoms with Crippen LogP contribution in [0, 0.1) is 0 Å². The Bertz CT molecular complexity index is 66.2. The molecule has 0 spiro atoms. The van der Waals surface area contributed by atoms with Gasteiger partial charge in [0.1, 0.15) is 6.16 Å². The first kappa shape index (κ1) is 8.27. The van der Waals surface area contributed by atoms with Crippen molar-refractivity contribution in [1.29, 1.82) is 0 Å². The summed E-state index contributed by atoms with van der Waals surface area (Å²) in [5, 5.41) is 24.4. The van der Waals surface area contributed by atoms with Crippen LogP contribution in [0.2, 0.25) is 0 Å². The number of aliphatic hydroxyl groups is 3. The molecule has 0 aromatic carbocycles. The van der Waals surface area contributed by atoms with Crippen molar-refractivity contribution in [3.8, 4) is 0 Å². The third kappa shape index (κ3) is 6.27. The highest BCUT2D eigenvalue weighted by Crippen LogP contribution is 2.21. The van der Waals surface area contributed by atoms with Crippen LogP contribution in [-0.4, -0.2) is 34.1 Å². The second-order valence-electron chi connectivity index (χ2n) is 1.65. The fourth-order valence-corrected chi connectivity index (χ4v) is 1.00. The maximum absolute atomic E-state index is 10.2. The highest BCUT2D eigenvalue weighted by molar-refractivity contribution is 7.49. The Labute approximate surface area is 48.2 Å². The van der Waals surface area contributed by atoms with Crippen molar-refractivity contribution in [2.24, 2.45) is 0 Å². The average Bonchev–Trinajstić information content (AvgIpc) is 1.21. The zero-order valence-electron chi connectivity index (χ0n) is 4.46. The zero-order chi connectivity index (χ0) is 6.78. The van der Waals surface area contributed by atoms with E-state index in [4.69, 9.17) is 15.3 Å². The highest BCUT2D eigenvalue weighted by Gasteiger charge is 2.21. The van der Waals surface area contributed by atoms with Crippen LogP contribution in [0.1, 0.15) is 0 Å². The second-order valence-corrected chi connectivity index (χ2v) is 3.41. The SMILES string of the molecule is C[PH+]([O-])CC(O)(O)O. The number of hydrogen-bond acceptors (Lipinski definition) is 4. The molecule has 0 rings (SSSR count). The van der Waals surface area contributed by atoms with Crippen LogP contribution >= 0.6 is 8.15 Å². The summed E-state index contributed by atoms with van der Waals surface area (Å²) in [5.74, 6) is -2.75. The molecule has 0 aromatic rings. The number of rotatable bonds is 2. The van der Waals surface area contributed by atoms with Gasteiger partial charge in [-0.15, -0.1) is 0 Å². The Hall–Kier alpha value is 0.270. The smallest absolute Gasteiger partial charge is 0.310 e.